The highest BCUT2D eigenvalue weighted by Crippen LogP contribution is 2.72. The van der Waals surface area contributed by atoms with E-state index in [0.717, 1.165) is 12.0 Å². The Hall–Kier alpha value is 0.970. The third kappa shape index (κ3) is 5.75. The summed E-state index contributed by atoms with van der Waals surface area (Å²) in [6.45, 7) is 3.54. The lowest BCUT2D eigenvalue weighted by atomic mass is 10.9. The topological polar surface area (TPSA) is 88.4 Å². The van der Waals surface area contributed by atoms with Crippen LogP contribution >= 0.6 is 28.2 Å². The predicted octanol–water partition coefficient (Wildman–Crippen LogP) is 1.77. The fourth-order valence-corrected chi connectivity index (χ4v) is 4.35. The highest BCUT2D eigenvalue weighted by molar-refractivity contribution is 7.98. The Labute approximate surface area is 89.0 Å². The molecule has 0 amide bonds. The molecule has 86 valence electrons. The lowest BCUT2D eigenvalue weighted by Crippen LogP contribution is -2.07. The maximum Gasteiger partial charge on any atom is 0.627 e. The van der Waals surface area contributed by atoms with Crippen molar-refractivity contribution in [3.05, 3.63) is 0 Å². The van der Waals surface area contributed by atoms with Gasteiger partial charge in [-0.05, 0) is 13.8 Å². The van der Waals surface area contributed by atoms with Crippen molar-refractivity contribution in [1.82, 2.24) is 0 Å². The fourth-order valence-electron chi connectivity index (χ4n) is 0.651. The largest absolute Gasteiger partial charge is 0.627 e. The predicted molar refractivity (Wildman–Crippen MR) is 58.3 cm³/mol. The molecular weight excluding hydrogens is 250 g/mol. The summed E-state index contributed by atoms with van der Waals surface area (Å²) < 4.78 is 14.1. The Morgan fingerprint density at radius 3 is 2.14 bits per heavy atom. The first-order valence-electron chi connectivity index (χ1n) is 3.92. The van der Waals surface area contributed by atoms with Gasteiger partial charge >= 0.3 is 16.1 Å². The molecule has 0 aliphatic heterocycles. The van der Waals surface area contributed by atoms with Crippen LogP contribution in [-0.2, 0) is 12.8 Å². The van der Waals surface area contributed by atoms with Gasteiger partial charge in [-0.25, -0.2) is 0 Å². The van der Waals surface area contributed by atoms with Crippen LogP contribution in [0.25, 0.3) is 0 Å². The van der Waals surface area contributed by atoms with E-state index in [1.165, 1.54) is 6.26 Å². The van der Waals surface area contributed by atoms with Crippen LogP contribution in [0.1, 0.15) is 13.8 Å². The van der Waals surface area contributed by atoms with Crippen LogP contribution < -0.4 is 0 Å². The Morgan fingerprint density at radius 2 is 1.79 bits per heavy atom. The zero-order valence-electron chi connectivity index (χ0n) is 8.28. The third-order valence-electron chi connectivity index (χ3n) is 1.14. The molecule has 0 aromatic heterocycles. The molecule has 1 unspecified atom stereocenters. The van der Waals surface area contributed by atoms with Crippen LogP contribution in [0.15, 0.2) is 0 Å². The average Bonchev–Trinajstić information content (AvgIpc) is 2.03. The summed E-state index contributed by atoms with van der Waals surface area (Å²) in [7, 11) is -7.16. The number of hydrogen-bond donors (Lipinski definition) is 3. The fraction of sp³-hybridized carbons (Fsp3) is 1.00. The van der Waals surface area contributed by atoms with Gasteiger partial charge in [-0.3, -0.25) is 0 Å². The van der Waals surface area contributed by atoms with Crippen LogP contribution in [0.5, 0.6) is 0 Å². The summed E-state index contributed by atoms with van der Waals surface area (Å²) in [6, 6.07) is 0. The van der Waals surface area contributed by atoms with E-state index in [-0.39, 0.29) is 12.8 Å². The van der Waals surface area contributed by atoms with E-state index in [9.17, 15) is 14.7 Å². The quantitative estimate of drug-likeness (QED) is 0.478. The molecule has 0 saturated carbocycles. The molecule has 0 rings (SSSR count). The van der Waals surface area contributed by atoms with Crippen LogP contribution in [-0.4, -0.2) is 33.7 Å². The first kappa shape index (κ1) is 15.0. The van der Waals surface area contributed by atoms with Crippen LogP contribution in [0.4, 0.5) is 0 Å². The molecule has 0 aromatic rings. The zero-order valence-corrected chi connectivity index (χ0v) is 10.9. The Kier molecular flexibility index (Phi) is 6.98. The Bertz CT molecular complexity index is 170. The van der Waals surface area contributed by atoms with E-state index >= 15 is 0 Å². The monoisotopic (exact) mass is 266 g/mol. The average molecular weight is 266 g/mol. The van der Waals surface area contributed by atoms with Crippen molar-refractivity contribution in [3.8, 4) is 0 Å². The molecule has 0 bridgehead atoms. The van der Waals surface area contributed by atoms with Gasteiger partial charge < -0.3 is 0 Å². The summed E-state index contributed by atoms with van der Waals surface area (Å²) in [5, 5.41) is 0. The lowest BCUT2D eigenvalue weighted by molar-refractivity contribution is 0.198. The maximum absolute atomic E-state index is 9.67. The molecule has 0 heterocycles. The molecule has 0 saturated heterocycles. The molecule has 0 aliphatic carbocycles. The highest BCUT2D eigenvalue weighted by atomic mass is 32.2. The van der Waals surface area contributed by atoms with Gasteiger partial charge in [-0.2, -0.15) is 19.2 Å². The van der Waals surface area contributed by atoms with E-state index in [1.807, 2.05) is 0 Å². The van der Waals surface area contributed by atoms with Crippen LogP contribution in [0, 0.1) is 0 Å². The number of rotatable bonds is 7. The van der Waals surface area contributed by atoms with Crippen LogP contribution in [0.3, 0.4) is 0 Å². The minimum atomic E-state index is -3.97. The van der Waals surface area contributed by atoms with Gasteiger partial charge in [0.15, 0.2) is 0 Å². The van der Waals surface area contributed by atoms with Gasteiger partial charge in [0.05, 0.1) is 10.9 Å². The lowest BCUT2D eigenvalue weighted by Gasteiger charge is -2.13. The summed E-state index contributed by atoms with van der Waals surface area (Å²) in [6.07, 6.45) is 1.68. The van der Waals surface area contributed by atoms with Gasteiger partial charge in [0, 0.05) is 18.3 Å². The standard InChI is InChI=1S/C5H16O6P2S/c1-4-9-12(6,5-2)10-13(7,8)11-14-3/h6-8H,4-5H2,1-3H3/q+2. The summed E-state index contributed by atoms with van der Waals surface area (Å²) >= 11 is 0.753. The normalized spacial score (nSPS) is 16.7. The van der Waals surface area contributed by atoms with Gasteiger partial charge in [0.1, 0.15) is 6.16 Å². The molecular formula is C5H16O6P2S+2. The van der Waals surface area contributed by atoms with Gasteiger partial charge in [0.2, 0.25) is 0 Å². The van der Waals surface area contributed by atoms with Crippen molar-refractivity contribution in [2.45, 2.75) is 13.8 Å². The summed E-state index contributed by atoms with van der Waals surface area (Å²) in [5.74, 6) is 0. The highest BCUT2D eigenvalue weighted by Gasteiger charge is 2.59. The number of hydrogen-bond acceptors (Lipinski definition) is 7. The van der Waals surface area contributed by atoms with Crippen molar-refractivity contribution >= 4 is 28.2 Å². The van der Waals surface area contributed by atoms with E-state index < -0.39 is 16.1 Å². The molecule has 0 spiro atoms. The first-order valence-corrected chi connectivity index (χ1v) is 8.37. The second-order valence-electron chi connectivity index (χ2n) is 2.18. The molecule has 0 aliphatic rings. The Morgan fingerprint density at radius 1 is 1.21 bits per heavy atom. The zero-order chi connectivity index (χ0) is 11.2. The van der Waals surface area contributed by atoms with Gasteiger partial charge in [-0.15, -0.1) is 0 Å². The van der Waals surface area contributed by atoms with Crippen molar-refractivity contribution in [2.75, 3.05) is 19.0 Å². The molecule has 3 N–H and O–H groups in total. The molecule has 0 radical (unpaired) electrons. The molecule has 9 heteroatoms. The van der Waals surface area contributed by atoms with E-state index in [2.05, 4.69) is 8.28 Å². The second kappa shape index (κ2) is 6.53. The third-order valence-corrected chi connectivity index (χ3v) is 5.84. The first-order chi connectivity index (χ1) is 6.39. The molecule has 6 nitrogen and oxygen atoms in total. The van der Waals surface area contributed by atoms with E-state index in [0.29, 0.717) is 0 Å². The van der Waals surface area contributed by atoms with Crippen molar-refractivity contribution in [3.63, 3.8) is 0 Å². The molecule has 0 aromatic carbocycles. The van der Waals surface area contributed by atoms with Crippen LogP contribution in [0.2, 0.25) is 0 Å². The minimum Gasteiger partial charge on any atom is -0.189 e. The maximum atomic E-state index is 9.67. The molecule has 14 heavy (non-hydrogen) atoms. The molecule has 1 atom stereocenters. The smallest absolute Gasteiger partial charge is 0.189 e. The van der Waals surface area contributed by atoms with Crippen molar-refractivity contribution in [1.29, 1.82) is 0 Å². The Balaban J connectivity index is 4.28. The van der Waals surface area contributed by atoms with E-state index in [4.69, 9.17) is 4.52 Å². The van der Waals surface area contributed by atoms with Crippen molar-refractivity contribution in [2.24, 2.45) is 0 Å². The van der Waals surface area contributed by atoms with Gasteiger partial charge in [-0.1, -0.05) is 3.97 Å². The van der Waals surface area contributed by atoms with Gasteiger partial charge in [0.25, 0.3) is 0 Å². The van der Waals surface area contributed by atoms with Crippen molar-refractivity contribution < 1.29 is 27.5 Å². The summed E-state index contributed by atoms with van der Waals surface area (Å²) in [4.78, 5) is 28.1. The second-order valence-corrected chi connectivity index (χ2v) is 6.91. The molecule has 0 fully saturated rings. The van der Waals surface area contributed by atoms with E-state index in [1.54, 1.807) is 13.8 Å². The minimum absolute atomic E-state index is 0.168. The summed E-state index contributed by atoms with van der Waals surface area (Å²) in [5.41, 5.74) is 0. The SMILES string of the molecule is CCO[P+](O)(CC)O[P+](O)(O)OSC.